The van der Waals surface area contributed by atoms with Crippen LogP contribution in [0.4, 0.5) is 13.6 Å². The molecule has 0 bridgehead atoms. The van der Waals surface area contributed by atoms with E-state index in [-0.39, 0.29) is 32.6 Å². The van der Waals surface area contributed by atoms with Crippen LogP contribution in [0.3, 0.4) is 0 Å². The van der Waals surface area contributed by atoms with E-state index < -0.39 is 42.5 Å². The molecule has 2 amide bonds. The standard InChI is InChI=1S/C33H36F2N2O5/c1-24(29-16-27(18-34)15-28(17-29)19-35)42-23-33(30-11-7-4-8-12-30)14-13-32(22-38,36-25(2)39)21-37(33)31(40)41-20-26-9-5-3-6-10-26/h3-12,15-17,22,24H,13-14,18-21,23H2,1-2H3,(H,36,39)/t24-,32?,33-/m1/s1. The SMILES string of the molecule is CC(=O)NC1(C=O)CC[C@@](CO[C@H](C)c2cc(CF)cc(CF)c2)(c2ccccc2)N(C(=O)OCc2ccccc2)C1. The van der Waals surface area contributed by atoms with Gasteiger partial charge in [-0.05, 0) is 47.6 Å². The molecule has 1 fully saturated rings. The number of ether oxygens (including phenoxy) is 2. The molecule has 1 aliphatic heterocycles. The van der Waals surface area contributed by atoms with Crippen molar-refractivity contribution in [3.63, 3.8) is 0 Å². The Bertz CT molecular complexity index is 1350. The molecule has 1 heterocycles. The highest BCUT2D eigenvalue weighted by atomic mass is 19.1. The number of carbonyl (C=O) groups excluding carboxylic acids is 3. The molecule has 9 heteroatoms. The Balaban J connectivity index is 1.71. The van der Waals surface area contributed by atoms with Gasteiger partial charge < -0.3 is 19.6 Å². The highest BCUT2D eigenvalue weighted by Gasteiger charge is 2.52. The second kappa shape index (κ2) is 13.7. The van der Waals surface area contributed by atoms with Crippen LogP contribution < -0.4 is 5.32 Å². The number of aldehydes is 1. The molecule has 0 aromatic heterocycles. The predicted molar refractivity (Wildman–Crippen MR) is 154 cm³/mol. The molecular formula is C33H36F2N2O5. The molecular weight excluding hydrogens is 542 g/mol. The summed E-state index contributed by atoms with van der Waals surface area (Å²) < 4.78 is 39.1. The van der Waals surface area contributed by atoms with E-state index in [0.29, 0.717) is 23.0 Å². The van der Waals surface area contributed by atoms with Crippen LogP contribution in [-0.4, -0.2) is 41.9 Å². The Morgan fingerprint density at radius 3 is 2.14 bits per heavy atom. The largest absolute Gasteiger partial charge is 0.445 e. The zero-order chi connectivity index (χ0) is 30.2. The van der Waals surface area contributed by atoms with E-state index in [4.69, 9.17) is 9.47 Å². The minimum absolute atomic E-state index is 0.00155. The number of halogens is 2. The Morgan fingerprint density at radius 1 is 0.952 bits per heavy atom. The predicted octanol–water partition coefficient (Wildman–Crippen LogP) is 6.11. The molecule has 1 N–H and O–H groups in total. The van der Waals surface area contributed by atoms with Gasteiger partial charge in [0.05, 0.1) is 24.8 Å². The van der Waals surface area contributed by atoms with Gasteiger partial charge in [-0.1, -0.05) is 78.9 Å². The molecule has 1 unspecified atom stereocenters. The van der Waals surface area contributed by atoms with Gasteiger partial charge in [-0.3, -0.25) is 9.69 Å². The summed E-state index contributed by atoms with van der Waals surface area (Å²) in [6.07, 6.45) is -0.0598. The van der Waals surface area contributed by atoms with Crippen LogP contribution in [-0.2, 0) is 44.6 Å². The van der Waals surface area contributed by atoms with Crippen molar-refractivity contribution in [1.82, 2.24) is 10.2 Å². The summed E-state index contributed by atoms with van der Waals surface area (Å²) >= 11 is 0. The van der Waals surface area contributed by atoms with Crippen LogP contribution >= 0.6 is 0 Å². The lowest BCUT2D eigenvalue weighted by Crippen LogP contribution is -2.67. The first-order valence-electron chi connectivity index (χ1n) is 13.9. The van der Waals surface area contributed by atoms with Gasteiger partial charge in [-0.15, -0.1) is 0 Å². The van der Waals surface area contributed by atoms with Crippen molar-refractivity contribution >= 4 is 18.3 Å². The molecule has 0 aliphatic carbocycles. The minimum atomic E-state index is -1.31. The van der Waals surface area contributed by atoms with Crippen LogP contribution in [0.1, 0.15) is 60.6 Å². The summed E-state index contributed by atoms with van der Waals surface area (Å²) in [5, 5.41) is 2.74. The first-order chi connectivity index (χ1) is 20.2. The van der Waals surface area contributed by atoms with Gasteiger partial charge in [0.25, 0.3) is 0 Å². The molecule has 0 radical (unpaired) electrons. The number of nitrogens with one attached hydrogen (secondary N) is 1. The highest BCUT2D eigenvalue weighted by Crippen LogP contribution is 2.42. The monoisotopic (exact) mass is 578 g/mol. The van der Waals surface area contributed by atoms with Crippen LogP contribution in [0.5, 0.6) is 0 Å². The summed E-state index contributed by atoms with van der Waals surface area (Å²) in [5.41, 5.74) is 0.472. The van der Waals surface area contributed by atoms with E-state index in [0.717, 1.165) is 11.1 Å². The lowest BCUT2D eigenvalue weighted by atomic mass is 9.75. The van der Waals surface area contributed by atoms with E-state index in [9.17, 15) is 23.2 Å². The van der Waals surface area contributed by atoms with Crippen molar-refractivity contribution in [3.8, 4) is 0 Å². The molecule has 4 rings (SSSR count). The van der Waals surface area contributed by atoms with E-state index in [1.54, 1.807) is 19.1 Å². The topological polar surface area (TPSA) is 84.9 Å². The zero-order valence-corrected chi connectivity index (χ0v) is 23.9. The van der Waals surface area contributed by atoms with Gasteiger partial charge >= 0.3 is 6.09 Å². The van der Waals surface area contributed by atoms with Crippen molar-refractivity contribution in [2.24, 2.45) is 0 Å². The second-order valence-corrected chi connectivity index (χ2v) is 10.8. The Labute approximate surface area is 244 Å². The average molecular weight is 579 g/mol. The molecule has 0 spiro atoms. The molecule has 1 aliphatic rings. The van der Waals surface area contributed by atoms with Crippen LogP contribution in [0.2, 0.25) is 0 Å². The Kier molecular flexibility index (Phi) is 10.1. The maximum Gasteiger partial charge on any atom is 0.411 e. The van der Waals surface area contributed by atoms with Gasteiger partial charge in [0.15, 0.2) is 0 Å². The number of rotatable bonds is 11. The third-order valence-electron chi connectivity index (χ3n) is 7.75. The molecule has 7 nitrogen and oxygen atoms in total. The second-order valence-electron chi connectivity index (χ2n) is 10.8. The number of amides is 2. The normalized spacial score (nSPS) is 20.9. The van der Waals surface area contributed by atoms with Crippen molar-refractivity contribution in [3.05, 3.63) is 107 Å². The summed E-state index contributed by atoms with van der Waals surface area (Å²) in [6, 6.07) is 23.3. The Morgan fingerprint density at radius 2 is 1.57 bits per heavy atom. The summed E-state index contributed by atoms with van der Waals surface area (Å²) in [4.78, 5) is 39.8. The quantitative estimate of drug-likeness (QED) is 0.278. The van der Waals surface area contributed by atoms with Gasteiger partial charge in [0.1, 0.15) is 31.8 Å². The van der Waals surface area contributed by atoms with E-state index in [1.807, 2.05) is 60.7 Å². The molecule has 222 valence electrons. The van der Waals surface area contributed by atoms with Gasteiger partial charge in [0.2, 0.25) is 5.91 Å². The third kappa shape index (κ3) is 7.02. The molecule has 1 saturated heterocycles. The zero-order valence-electron chi connectivity index (χ0n) is 23.9. The third-order valence-corrected chi connectivity index (χ3v) is 7.75. The molecule has 0 saturated carbocycles. The summed E-state index contributed by atoms with van der Waals surface area (Å²) in [5.74, 6) is -0.395. The summed E-state index contributed by atoms with van der Waals surface area (Å²) in [7, 11) is 0. The highest BCUT2D eigenvalue weighted by molar-refractivity contribution is 5.81. The number of likely N-dealkylation sites (tertiary alicyclic amines) is 1. The van der Waals surface area contributed by atoms with Gasteiger partial charge in [-0.2, -0.15) is 0 Å². The number of benzene rings is 3. The maximum absolute atomic E-state index is 13.9. The van der Waals surface area contributed by atoms with Crippen LogP contribution in [0, 0.1) is 0 Å². The number of alkyl halides is 2. The number of nitrogens with zero attached hydrogens (tertiary/aromatic N) is 1. The number of hydrogen-bond donors (Lipinski definition) is 1. The first kappa shape index (κ1) is 30.8. The fourth-order valence-electron chi connectivity index (χ4n) is 5.51. The van der Waals surface area contributed by atoms with Crippen molar-refractivity contribution in [2.75, 3.05) is 13.2 Å². The smallest absolute Gasteiger partial charge is 0.411 e. The van der Waals surface area contributed by atoms with Gasteiger partial charge in [-0.25, -0.2) is 13.6 Å². The van der Waals surface area contributed by atoms with E-state index >= 15 is 0 Å². The van der Waals surface area contributed by atoms with E-state index in [2.05, 4.69) is 5.32 Å². The maximum atomic E-state index is 13.9. The summed E-state index contributed by atoms with van der Waals surface area (Å²) in [6.45, 7) is 1.50. The molecule has 3 aromatic carbocycles. The molecule has 42 heavy (non-hydrogen) atoms. The fourth-order valence-corrected chi connectivity index (χ4v) is 5.51. The Hall–Kier alpha value is -4.11. The minimum Gasteiger partial charge on any atom is -0.445 e. The first-order valence-corrected chi connectivity index (χ1v) is 13.9. The van der Waals surface area contributed by atoms with Crippen LogP contribution in [0.15, 0.2) is 78.9 Å². The molecule has 3 aromatic rings. The average Bonchev–Trinajstić information content (AvgIpc) is 3.03. The number of carbonyl (C=O) groups is 3. The lowest BCUT2D eigenvalue weighted by Gasteiger charge is -2.52. The molecule has 3 atom stereocenters. The van der Waals surface area contributed by atoms with Crippen molar-refractivity contribution < 1.29 is 32.6 Å². The number of piperidine rings is 1. The van der Waals surface area contributed by atoms with Crippen molar-refractivity contribution in [2.45, 2.75) is 63.8 Å². The van der Waals surface area contributed by atoms with Crippen LogP contribution in [0.25, 0.3) is 0 Å². The number of hydrogen-bond acceptors (Lipinski definition) is 5. The van der Waals surface area contributed by atoms with Gasteiger partial charge in [0, 0.05) is 6.92 Å². The fraction of sp³-hybridized carbons (Fsp3) is 0.364. The lowest BCUT2D eigenvalue weighted by molar-refractivity contribution is -0.131. The van der Waals surface area contributed by atoms with E-state index in [1.165, 1.54) is 17.9 Å². The van der Waals surface area contributed by atoms with Crippen molar-refractivity contribution in [1.29, 1.82) is 0 Å².